The van der Waals surface area contributed by atoms with E-state index < -0.39 is 0 Å². The average Bonchev–Trinajstić information content (AvgIpc) is 2.29. The fourth-order valence-corrected chi connectivity index (χ4v) is 2.59. The van der Waals surface area contributed by atoms with Crippen molar-refractivity contribution in [3.05, 3.63) is 35.4 Å². The van der Waals surface area contributed by atoms with E-state index in [0.717, 1.165) is 19.7 Å². The third-order valence-corrected chi connectivity index (χ3v) is 3.33. The van der Waals surface area contributed by atoms with Gasteiger partial charge in [0.15, 0.2) is 0 Å². The van der Waals surface area contributed by atoms with Gasteiger partial charge in [0.05, 0.1) is 12.7 Å². The molecule has 0 aliphatic carbocycles. The SMILES string of the molecule is c1ccc2c(c1)COC1CNCCC21. The molecule has 2 heterocycles. The smallest absolute Gasteiger partial charge is 0.0772 e. The number of benzene rings is 1. The third kappa shape index (κ3) is 1.26. The summed E-state index contributed by atoms with van der Waals surface area (Å²) in [6.45, 7) is 2.93. The van der Waals surface area contributed by atoms with Crippen LogP contribution in [-0.2, 0) is 11.3 Å². The summed E-state index contributed by atoms with van der Waals surface area (Å²) < 4.78 is 5.85. The first-order chi connectivity index (χ1) is 6.95. The van der Waals surface area contributed by atoms with E-state index in [9.17, 15) is 0 Å². The molecule has 1 saturated heterocycles. The van der Waals surface area contributed by atoms with E-state index in [-0.39, 0.29) is 0 Å². The Labute approximate surface area is 84.3 Å². The Kier molecular flexibility index (Phi) is 2.03. The lowest BCUT2D eigenvalue weighted by atomic mass is 9.83. The molecule has 1 aromatic carbocycles. The van der Waals surface area contributed by atoms with Gasteiger partial charge in [-0.15, -0.1) is 0 Å². The van der Waals surface area contributed by atoms with E-state index in [4.69, 9.17) is 4.74 Å². The third-order valence-electron chi connectivity index (χ3n) is 3.33. The predicted octanol–water partition coefficient (Wildman–Crippen LogP) is 1.66. The molecule has 2 unspecified atom stereocenters. The van der Waals surface area contributed by atoms with Crippen molar-refractivity contribution in [3.8, 4) is 0 Å². The minimum Gasteiger partial charge on any atom is -0.372 e. The Bertz CT molecular complexity index is 337. The summed E-state index contributed by atoms with van der Waals surface area (Å²) >= 11 is 0. The number of piperidine rings is 1. The fraction of sp³-hybridized carbons (Fsp3) is 0.500. The van der Waals surface area contributed by atoms with Crippen molar-refractivity contribution in [3.63, 3.8) is 0 Å². The largest absolute Gasteiger partial charge is 0.372 e. The van der Waals surface area contributed by atoms with Crippen LogP contribution in [0.15, 0.2) is 24.3 Å². The molecule has 2 aliphatic rings. The Hall–Kier alpha value is -0.860. The molecule has 2 nitrogen and oxygen atoms in total. The Morgan fingerprint density at radius 3 is 3.21 bits per heavy atom. The van der Waals surface area contributed by atoms with Crippen LogP contribution in [0.5, 0.6) is 0 Å². The number of hydrogen-bond donors (Lipinski definition) is 1. The Morgan fingerprint density at radius 1 is 1.29 bits per heavy atom. The lowest BCUT2D eigenvalue weighted by Gasteiger charge is -2.37. The van der Waals surface area contributed by atoms with Crippen molar-refractivity contribution in [1.82, 2.24) is 5.32 Å². The summed E-state index contributed by atoms with van der Waals surface area (Å²) in [6, 6.07) is 8.70. The van der Waals surface area contributed by atoms with Crippen molar-refractivity contribution < 1.29 is 4.74 Å². The topological polar surface area (TPSA) is 21.3 Å². The van der Waals surface area contributed by atoms with Crippen LogP contribution in [0.25, 0.3) is 0 Å². The van der Waals surface area contributed by atoms with Crippen LogP contribution in [0.2, 0.25) is 0 Å². The molecule has 1 fully saturated rings. The molecule has 0 saturated carbocycles. The molecule has 2 heteroatoms. The molecular weight excluding hydrogens is 174 g/mol. The zero-order valence-electron chi connectivity index (χ0n) is 8.20. The Balaban J connectivity index is 1.99. The van der Waals surface area contributed by atoms with Gasteiger partial charge in [-0.05, 0) is 24.1 Å². The number of ether oxygens (including phenoxy) is 1. The van der Waals surface area contributed by atoms with E-state index >= 15 is 0 Å². The molecule has 1 aromatic rings. The maximum absolute atomic E-state index is 5.85. The lowest BCUT2D eigenvalue weighted by Crippen LogP contribution is -2.43. The van der Waals surface area contributed by atoms with Crippen LogP contribution in [0.3, 0.4) is 0 Å². The average molecular weight is 189 g/mol. The quantitative estimate of drug-likeness (QED) is 0.670. The molecule has 0 radical (unpaired) electrons. The highest BCUT2D eigenvalue weighted by atomic mass is 16.5. The number of hydrogen-bond acceptors (Lipinski definition) is 2. The van der Waals surface area contributed by atoms with Gasteiger partial charge in [-0.1, -0.05) is 24.3 Å². The molecule has 14 heavy (non-hydrogen) atoms. The first-order valence-corrected chi connectivity index (χ1v) is 5.35. The first-order valence-electron chi connectivity index (χ1n) is 5.35. The van der Waals surface area contributed by atoms with E-state index in [2.05, 4.69) is 29.6 Å². The van der Waals surface area contributed by atoms with Crippen LogP contribution in [0.1, 0.15) is 23.5 Å². The highest BCUT2D eigenvalue weighted by molar-refractivity contribution is 5.33. The molecule has 0 aromatic heterocycles. The van der Waals surface area contributed by atoms with E-state index in [0.29, 0.717) is 12.0 Å². The van der Waals surface area contributed by atoms with Crippen molar-refractivity contribution in [2.75, 3.05) is 13.1 Å². The molecule has 2 aliphatic heterocycles. The monoisotopic (exact) mass is 189 g/mol. The normalized spacial score (nSPS) is 30.6. The highest BCUT2D eigenvalue weighted by Gasteiger charge is 2.31. The molecule has 3 rings (SSSR count). The van der Waals surface area contributed by atoms with Gasteiger partial charge < -0.3 is 10.1 Å². The second kappa shape index (κ2) is 3.37. The maximum Gasteiger partial charge on any atom is 0.0772 e. The van der Waals surface area contributed by atoms with Crippen LogP contribution in [0.4, 0.5) is 0 Å². The molecule has 1 N–H and O–H groups in total. The summed E-state index contributed by atoms with van der Waals surface area (Å²) in [5.41, 5.74) is 2.90. The van der Waals surface area contributed by atoms with Crippen LogP contribution in [-0.4, -0.2) is 19.2 Å². The minimum atomic E-state index is 0.402. The number of fused-ring (bicyclic) bond motifs is 3. The molecule has 74 valence electrons. The summed E-state index contributed by atoms with van der Waals surface area (Å²) in [5, 5.41) is 3.39. The van der Waals surface area contributed by atoms with Crippen LogP contribution >= 0.6 is 0 Å². The van der Waals surface area contributed by atoms with Gasteiger partial charge in [-0.3, -0.25) is 0 Å². The van der Waals surface area contributed by atoms with Crippen molar-refractivity contribution in [2.45, 2.75) is 25.0 Å². The number of rotatable bonds is 0. The zero-order chi connectivity index (χ0) is 9.38. The van der Waals surface area contributed by atoms with Crippen molar-refractivity contribution >= 4 is 0 Å². The first kappa shape index (κ1) is 8.45. The second-order valence-corrected chi connectivity index (χ2v) is 4.15. The second-order valence-electron chi connectivity index (χ2n) is 4.15. The van der Waals surface area contributed by atoms with Gasteiger partial charge in [0.1, 0.15) is 0 Å². The predicted molar refractivity (Wildman–Crippen MR) is 55.2 cm³/mol. The standard InChI is InChI=1S/C12H15NO/c1-2-4-10-9(3-1)8-14-12-7-13-6-5-11(10)12/h1-4,11-13H,5-8H2. The molecule has 2 atom stereocenters. The maximum atomic E-state index is 5.85. The van der Waals surface area contributed by atoms with Gasteiger partial charge in [0.25, 0.3) is 0 Å². The van der Waals surface area contributed by atoms with Gasteiger partial charge in [0.2, 0.25) is 0 Å². The minimum absolute atomic E-state index is 0.402. The van der Waals surface area contributed by atoms with Gasteiger partial charge >= 0.3 is 0 Å². The lowest BCUT2D eigenvalue weighted by molar-refractivity contribution is -0.00337. The van der Waals surface area contributed by atoms with Gasteiger partial charge in [-0.2, -0.15) is 0 Å². The number of nitrogens with one attached hydrogen (secondary N) is 1. The molecule has 0 spiro atoms. The summed E-state index contributed by atoms with van der Waals surface area (Å²) in [5.74, 6) is 0.626. The summed E-state index contributed by atoms with van der Waals surface area (Å²) in [7, 11) is 0. The fourth-order valence-electron chi connectivity index (χ4n) is 2.59. The molecular formula is C12H15NO. The highest BCUT2D eigenvalue weighted by Crippen LogP contribution is 2.34. The van der Waals surface area contributed by atoms with E-state index in [1.54, 1.807) is 0 Å². The molecule has 0 amide bonds. The molecule has 0 bridgehead atoms. The van der Waals surface area contributed by atoms with E-state index in [1.165, 1.54) is 17.5 Å². The van der Waals surface area contributed by atoms with Crippen molar-refractivity contribution in [1.29, 1.82) is 0 Å². The van der Waals surface area contributed by atoms with Gasteiger partial charge in [-0.25, -0.2) is 0 Å². The zero-order valence-corrected chi connectivity index (χ0v) is 8.20. The van der Waals surface area contributed by atoms with Gasteiger partial charge in [0, 0.05) is 12.5 Å². The Morgan fingerprint density at radius 2 is 2.21 bits per heavy atom. The van der Waals surface area contributed by atoms with Crippen LogP contribution in [0, 0.1) is 0 Å². The van der Waals surface area contributed by atoms with Crippen LogP contribution < -0.4 is 5.32 Å². The van der Waals surface area contributed by atoms with Crippen molar-refractivity contribution in [2.24, 2.45) is 0 Å². The van der Waals surface area contributed by atoms with E-state index in [1.807, 2.05) is 0 Å². The summed E-state index contributed by atoms with van der Waals surface area (Å²) in [6.07, 6.45) is 1.61. The summed E-state index contributed by atoms with van der Waals surface area (Å²) in [4.78, 5) is 0.